The lowest BCUT2D eigenvalue weighted by atomic mass is 10.0. The monoisotopic (exact) mass is 268 g/mol. The lowest BCUT2D eigenvalue weighted by molar-refractivity contribution is 0.188. The number of aryl methyl sites for hydroxylation is 2. The van der Waals surface area contributed by atoms with Crippen molar-refractivity contribution in [3.63, 3.8) is 0 Å². The summed E-state index contributed by atoms with van der Waals surface area (Å²) in [5, 5.41) is 10.8. The molecule has 1 aliphatic rings. The number of aliphatic hydroxyl groups is 1. The molecular formula is C14H24N2OS. The van der Waals surface area contributed by atoms with E-state index in [-0.39, 0.29) is 6.10 Å². The average Bonchev–Trinajstić information content (AvgIpc) is 2.81. The molecule has 0 spiro atoms. The Morgan fingerprint density at radius 1 is 1.44 bits per heavy atom. The molecule has 0 bridgehead atoms. The maximum atomic E-state index is 10.0. The van der Waals surface area contributed by atoms with E-state index < -0.39 is 0 Å². The molecule has 0 aromatic carbocycles. The van der Waals surface area contributed by atoms with Crippen molar-refractivity contribution in [1.29, 1.82) is 0 Å². The van der Waals surface area contributed by atoms with E-state index in [1.165, 1.54) is 32.1 Å². The van der Waals surface area contributed by atoms with Gasteiger partial charge in [0, 0.05) is 36.9 Å². The van der Waals surface area contributed by atoms with Crippen molar-refractivity contribution in [2.24, 2.45) is 7.05 Å². The Hall–Kier alpha value is -0.480. The number of aliphatic hydroxyl groups excluding tert-OH is 1. The number of nitrogens with zero attached hydrogens (tertiary/aromatic N) is 2. The third-order valence-electron chi connectivity index (χ3n) is 3.70. The fourth-order valence-corrected chi connectivity index (χ4v) is 3.82. The zero-order valence-electron chi connectivity index (χ0n) is 11.2. The first-order chi connectivity index (χ1) is 8.75. The minimum absolute atomic E-state index is 0.186. The van der Waals surface area contributed by atoms with Gasteiger partial charge in [-0.15, -0.1) is 0 Å². The third kappa shape index (κ3) is 4.32. The van der Waals surface area contributed by atoms with Crippen molar-refractivity contribution < 1.29 is 5.11 Å². The van der Waals surface area contributed by atoms with Crippen molar-refractivity contribution in [1.82, 2.24) is 9.55 Å². The summed E-state index contributed by atoms with van der Waals surface area (Å²) in [5.74, 6) is 1.95. The summed E-state index contributed by atoms with van der Waals surface area (Å²) in [6.07, 6.45) is 12.1. The zero-order valence-corrected chi connectivity index (χ0v) is 12.0. The highest BCUT2D eigenvalue weighted by molar-refractivity contribution is 7.99. The fraction of sp³-hybridized carbons (Fsp3) is 0.786. The molecule has 1 fully saturated rings. The number of hydrogen-bond acceptors (Lipinski definition) is 3. The molecule has 1 aliphatic carbocycles. The molecule has 4 heteroatoms. The van der Waals surface area contributed by atoms with Crippen LogP contribution in [0.3, 0.4) is 0 Å². The second-order valence-electron chi connectivity index (χ2n) is 5.24. The summed E-state index contributed by atoms with van der Waals surface area (Å²) in [7, 11) is 2.01. The Bertz CT molecular complexity index is 347. The van der Waals surface area contributed by atoms with Crippen LogP contribution in [0.4, 0.5) is 0 Å². The van der Waals surface area contributed by atoms with Crippen LogP contribution in [0, 0.1) is 0 Å². The number of imidazole rings is 1. The molecule has 1 aromatic heterocycles. The van der Waals surface area contributed by atoms with Crippen molar-refractivity contribution >= 4 is 11.8 Å². The van der Waals surface area contributed by atoms with E-state index in [2.05, 4.69) is 4.98 Å². The van der Waals surface area contributed by atoms with Crippen LogP contribution >= 0.6 is 11.8 Å². The fourth-order valence-electron chi connectivity index (χ4n) is 2.50. The molecule has 3 nitrogen and oxygen atoms in total. The van der Waals surface area contributed by atoms with E-state index in [1.54, 1.807) is 0 Å². The minimum atomic E-state index is -0.186. The van der Waals surface area contributed by atoms with Gasteiger partial charge in [-0.1, -0.05) is 19.3 Å². The molecule has 1 atom stereocenters. The van der Waals surface area contributed by atoms with Crippen molar-refractivity contribution in [3.8, 4) is 0 Å². The zero-order chi connectivity index (χ0) is 12.8. The molecule has 0 aliphatic heterocycles. The predicted molar refractivity (Wildman–Crippen MR) is 76.9 cm³/mol. The van der Waals surface area contributed by atoms with Crippen LogP contribution in [0.15, 0.2) is 12.4 Å². The first-order valence-electron chi connectivity index (χ1n) is 7.01. The summed E-state index contributed by atoms with van der Waals surface area (Å²) in [5.41, 5.74) is 0. The molecule has 0 radical (unpaired) electrons. The molecular weight excluding hydrogens is 244 g/mol. The van der Waals surface area contributed by atoms with Gasteiger partial charge in [0.25, 0.3) is 0 Å². The van der Waals surface area contributed by atoms with Gasteiger partial charge in [-0.3, -0.25) is 0 Å². The van der Waals surface area contributed by atoms with Gasteiger partial charge in [-0.25, -0.2) is 4.98 Å². The second kappa shape index (κ2) is 7.19. The smallest absolute Gasteiger partial charge is 0.108 e. The van der Waals surface area contributed by atoms with Gasteiger partial charge in [0.15, 0.2) is 0 Å². The molecule has 2 rings (SSSR count). The number of rotatable bonds is 6. The second-order valence-corrected chi connectivity index (χ2v) is 6.57. The van der Waals surface area contributed by atoms with E-state index in [4.69, 9.17) is 0 Å². The molecule has 1 N–H and O–H groups in total. The molecule has 102 valence electrons. The van der Waals surface area contributed by atoms with E-state index in [0.29, 0.717) is 0 Å². The predicted octanol–water partition coefficient (Wildman–Crippen LogP) is 2.78. The normalized spacial score (nSPS) is 19.0. The van der Waals surface area contributed by atoms with Crippen LogP contribution in [-0.4, -0.2) is 31.8 Å². The first-order valence-corrected chi connectivity index (χ1v) is 8.06. The van der Waals surface area contributed by atoms with Crippen LogP contribution in [0.5, 0.6) is 0 Å². The molecule has 1 heterocycles. The van der Waals surface area contributed by atoms with E-state index in [1.807, 2.05) is 35.8 Å². The van der Waals surface area contributed by atoms with Gasteiger partial charge in [0.2, 0.25) is 0 Å². The number of thioether (sulfide) groups is 1. The van der Waals surface area contributed by atoms with Gasteiger partial charge < -0.3 is 9.67 Å². The van der Waals surface area contributed by atoms with Crippen LogP contribution in [0.2, 0.25) is 0 Å². The lowest BCUT2D eigenvalue weighted by Crippen LogP contribution is -2.17. The van der Waals surface area contributed by atoms with E-state index in [9.17, 15) is 5.11 Å². The van der Waals surface area contributed by atoms with Crippen LogP contribution in [0.25, 0.3) is 0 Å². The highest BCUT2D eigenvalue weighted by atomic mass is 32.2. The molecule has 1 saturated carbocycles. The quantitative estimate of drug-likeness (QED) is 0.862. The molecule has 0 saturated heterocycles. The van der Waals surface area contributed by atoms with Gasteiger partial charge in [-0.05, 0) is 19.3 Å². The Kier molecular flexibility index (Phi) is 5.57. The standard InChI is InChI=1S/C14H24N2OS/c1-16-10-9-15-14(16)8-7-12(17)11-18-13-5-3-2-4-6-13/h9-10,12-13,17H,2-8,11H2,1H3. The Labute approximate surface area is 114 Å². The van der Waals surface area contributed by atoms with Crippen molar-refractivity contribution in [3.05, 3.63) is 18.2 Å². The molecule has 1 unspecified atom stereocenters. The van der Waals surface area contributed by atoms with Gasteiger partial charge in [0.1, 0.15) is 5.82 Å². The number of aromatic nitrogens is 2. The first kappa shape index (κ1) is 13.9. The molecule has 18 heavy (non-hydrogen) atoms. The van der Waals surface area contributed by atoms with Crippen molar-refractivity contribution in [2.45, 2.75) is 56.3 Å². The minimum Gasteiger partial charge on any atom is -0.392 e. The SMILES string of the molecule is Cn1ccnc1CCC(O)CSC1CCCCC1. The van der Waals surface area contributed by atoms with Crippen LogP contribution in [-0.2, 0) is 13.5 Å². The summed E-state index contributed by atoms with van der Waals surface area (Å²) in [4.78, 5) is 4.28. The Morgan fingerprint density at radius 3 is 2.89 bits per heavy atom. The topological polar surface area (TPSA) is 38.0 Å². The number of hydrogen-bond donors (Lipinski definition) is 1. The van der Waals surface area contributed by atoms with E-state index in [0.717, 1.165) is 29.7 Å². The highest BCUT2D eigenvalue weighted by Gasteiger charge is 2.15. The van der Waals surface area contributed by atoms with Gasteiger partial charge >= 0.3 is 0 Å². The highest BCUT2D eigenvalue weighted by Crippen LogP contribution is 2.28. The lowest BCUT2D eigenvalue weighted by Gasteiger charge is -2.22. The van der Waals surface area contributed by atoms with Crippen LogP contribution in [0.1, 0.15) is 44.3 Å². The summed E-state index contributed by atoms with van der Waals surface area (Å²) in [6.45, 7) is 0. The van der Waals surface area contributed by atoms with Gasteiger partial charge in [-0.2, -0.15) is 11.8 Å². The largest absolute Gasteiger partial charge is 0.392 e. The van der Waals surface area contributed by atoms with E-state index >= 15 is 0 Å². The van der Waals surface area contributed by atoms with Crippen LogP contribution < -0.4 is 0 Å². The summed E-state index contributed by atoms with van der Waals surface area (Å²) < 4.78 is 2.03. The molecule has 0 amide bonds. The maximum absolute atomic E-state index is 10.0. The maximum Gasteiger partial charge on any atom is 0.108 e. The Morgan fingerprint density at radius 2 is 2.22 bits per heavy atom. The third-order valence-corrected chi connectivity index (χ3v) is 5.22. The average molecular weight is 268 g/mol. The summed E-state index contributed by atoms with van der Waals surface area (Å²) in [6, 6.07) is 0. The summed E-state index contributed by atoms with van der Waals surface area (Å²) >= 11 is 1.97. The Balaban J connectivity index is 1.62. The molecule has 1 aromatic rings. The van der Waals surface area contributed by atoms with Gasteiger partial charge in [0.05, 0.1) is 6.10 Å². The van der Waals surface area contributed by atoms with Crippen molar-refractivity contribution in [2.75, 3.05) is 5.75 Å².